The molecule has 0 aliphatic rings. The van der Waals surface area contributed by atoms with E-state index in [1.165, 1.54) is 30.6 Å². The number of benzene rings is 3. The highest BCUT2D eigenvalue weighted by molar-refractivity contribution is 5.88. The SMILES string of the molecule is Oc1ccccc1C=Nc1cc(N=Cc2ccccc2O)c(O)cc1O. The smallest absolute Gasteiger partial charge is 0.145 e. The van der Waals surface area contributed by atoms with Gasteiger partial charge in [0.15, 0.2) is 0 Å². The number of phenols is 4. The molecular weight excluding hydrogens is 332 g/mol. The highest BCUT2D eigenvalue weighted by Gasteiger charge is 2.08. The third-order valence-corrected chi connectivity index (χ3v) is 3.63. The van der Waals surface area contributed by atoms with E-state index in [2.05, 4.69) is 9.98 Å². The van der Waals surface area contributed by atoms with Crippen LogP contribution in [-0.4, -0.2) is 32.9 Å². The molecular formula is C20H16N2O4. The molecule has 0 saturated heterocycles. The Bertz CT molecular complexity index is 920. The Morgan fingerprint density at radius 1 is 0.538 bits per heavy atom. The van der Waals surface area contributed by atoms with Gasteiger partial charge >= 0.3 is 0 Å². The Morgan fingerprint density at radius 2 is 0.962 bits per heavy atom. The molecule has 3 aromatic rings. The number of nitrogens with zero attached hydrogens (tertiary/aromatic N) is 2. The van der Waals surface area contributed by atoms with Gasteiger partial charge in [-0.1, -0.05) is 24.3 Å². The molecule has 0 fully saturated rings. The first-order chi connectivity index (χ1) is 12.5. The van der Waals surface area contributed by atoms with Crippen LogP contribution in [0.5, 0.6) is 23.0 Å². The number of hydrogen-bond acceptors (Lipinski definition) is 6. The summed E-state index contributed by atoms with van der Waals surface area (Å²) in [5, 5.41) is 39.4. The lowest BCUT2D eigenvalue weighted by atomic mass is 10.2. The molecule has 4 N–H and O–H groups in total. The van der Waals surface area contributed by atoms with Gasteiger partial charge in [-0.2, -0.15) is 0 Å². The number of para-hydroxylation sites is 2. The highest BCUT2D eigenvalue weighted by Crippen LogP contribution is 2.38. The standard InChI is InChI=1S/C20H16N2O4/c23-17-7-3-1-5-13(17)11-21-15-9-16(20(26)10-19(15)25)22-12-14-6-2-4-8-18(14)24/h1-12,23-26H. The van der Waals surface area contributed by atoms with Crippen LogP contribution in [0.4, 0.5) is 11.4 Å². The maximum Gasteiger partial charge on any atom is 0.145 e. The van der Waals surface area contributed by atoms with Gasteiger partial charge in [-0.25, -0.2) is 0 Å². The summed E-state index contributed by atoms with van der Waals surface area (Å²) in [6.45, 7) is 0. The van der Waals surface area contributed by atoms with Crippen molar-refractivity contribution in [1.29, 1.82) is 0 Å². The maximum atomic E-state index is 9.96. The van der Waals surface area contributed by atoms with Gasteiger partial charge in [0, 0.05) is 29.6 Å². The van der Waals surface area contributed by atoms with Crippen LogP contribution in [0.1, 0.15) is 11.1 Å². The van der Waals surface area contributed by atoms with Gasteiger partial charge in [-0.05, 0) is 30.3 Å². The molecule has 0 bridgehead atoms. The predicted octanol–water partition coefficient (Wildman–Crippen LogP) is 4.01. The van der Waals surface area contributed by atoms with Crippen LogP contribution in [-0.2, 0) is 0 Å². The zero-order chi connectivity index (χ0) is 18.5. The third kappa shape index (κ3) is 3.81. The summed E-state index contributed by atoms with van der Waals surface area (Å²) in [5.74, 6) is -0.328. The molecule has 130 valence electrons. The predicted molar refractivity (Wildman–Crippen MR) is 100 cm³/mol. The fourth-order valence-electron chi connectivity index (χ4n) is 2.23. The molecule has 0 atom stereocenters. The molecule has 6 nitrogen and oxygen atoms in total. The van der Waals surface area contributed by atoms with E-state index >= 15 is 0 Å². The minimum atomic E-state index is -0.226. The zero-order valence-electron chi connectivity index (χ0n) is 13.6. The Kier molecular flexibility index (Phi) is 4.85. The Balaban J connectivity index is 1.92. The fourth-order valence-corrected chi connectivity index (χ4v) is 2.23. The largest absolute Gasteiger partial charge is 0.507 e. The summed E-state index contributed by atoms with van der Waals surface area (Å²) in [4.78, 5) is 8.28. The second-order valence-electron chi connectivity index (χ2n) is 5.46. The number of aromatic hydroxyl groups is 4. The van der Waals surface area contributed by atoms with Crippen molar-refractivity contribution in [2.75, 3.05) is 0 Å². The number of rotatable bonds is 4. The van der Waals surface area contributed by atoms with Crippen molar-refractivity contribution in [3.63, 3.8) is 0 Å². The topological polar surface area (TPSA) is 106 Å². The van der Waals surface area contributed by atoms with Crippen molar-refractivity contribution in [1.82, 2.24) is 0 Å². The van der Waals surface area contributed by atoms with E-state index in [0.717, 1.165) is 6.07 Å². The molecule has 0 amide bonds. The second-order valence-corrected chi connectivity index (χ2v) is 5.46. The Labute approximate surface area is 149 Å². The summed E-state index contributed by atoms with van der Waals surface area (Å²) in [7, 11) is 0. The fraction of sp³-hybridized carbons (Fsp3) is 0. The lowest BCUT2D eigenvalue weighted by Crippen LogP contribution is -1.82. The molecule has 0 heterocycles. The van der Waals surface area contributed by atoms with Crippen molar-refractivity contribution in [3.8, 4) is 23.0 Å². The molecule has 3 rings (SSSR count). The molecule has 6 heteroatoms. The van der Waals surface area contributed by atoms with Gasteiger partial charge in [0.05, 0.1) is 0 Å². The lowest BCUT2D eigenvalue weighted by molar-refractivity contribution is 0.452. The molecule has 26 heavy (non-hydrogen) atoms. The summed E-state index contributed by atoms with van der Waals surface area (Å²) < 4.78 is 0. The van der Waals surface area contributed by atoms with Crippen molar-refractivity contribution in [2.45, 2.75) is 0 Å². The minimum Gasteiger partial charge on any atom is -0.507 e. The molecule has 0 radical (unpaired) electrons. The van der Waals surface area contributed by atoms with Crippen LogP contribution in [0.25, 0.3) is 0 Å². The number of aliphatic imine (C=N–C) groups is 2. The summed E-state index contributed by atoms with van der Waals surface area (Å²) >= 11 is 0. The first kappa shape index (κ1) is 17.0. The van der Waals surface area contributed by atoms with Crippen LogP contribution < -0.4 is 0 Å². The Hall–Kier alpha value is -3.80. The van der Waals surface area contributed by atoms with Crippen molar-refractivity contribution in [3.05, 3.63) is 71.8 Å². The van der Waals surface area contributed by atoms with Gasteiger partial charge in [-0.3, -0.25) is 9.98 Å². The van der Waals surface area contributed by atoms with Crippen LogP contribution in [0, 0.1) is 0 Å². The molecule has 0 unspecified atom stereocenters. The molecule has 0 aliphatic carbocycles. The van der Waals surface area contributed by atoms with Gasteiger partial charge in [0.2, 0.25) is 0 Å². The normalized spacial score (nSPS) is 11.4. The minimum absolute atomic E-state index is 0.0623. The van der Waals surface area contributed by atoms with Gasteiger partial charge in [0.25, 0.3) is 0 Å². The van der Waals surface area contributed by atoms with E-state index in [1.807, 2.05) is 0 Å². The monoisotopic (exact) mass is 348 g/mol. The van der Waals surface area contributed by atoms with Crippen LogP contribution in [0.3, 0.4) is 0 Å². The summed E-state index contributed by atoms with van der Waals surface area (Å²) in [6.07, 6.45) is 2.80. The number of phenolic OH excluding ortho intramolecular Hbond substituents is 4. The van der Waals surface area contributed by atoms with Crippen LogP contribution >= 0.6 is 0 Å². The van der Waals surface area contributed by atoms with Crippen LogP contribution in [0.2, 0.25) is 0 Å². The average molecular weight is 348 g/mol. The highest BCUT2D eigenvalue weighted by atomic mass is 16.3. The van der Waals surface area contributed by atoms with Crippen molar-refractivity contribution >= 4 is 23.8 Å². The molecule has 0 aliphatic heterocycles. The van der Waals surface area contributed by atoms with E-state index in [0.29, 0.717) is 11.1 Å². The maximum absolute atomic E-state index is 9.96. The van der Waals surface area contributed by atoms with Crippen LogP contribution in [0.15, 0.2) is 70.6 Å². The van der Waals surface area contributed by atoms with E-state index in [1.54, 1.807) is 36.4 Å². The third-order valence-electron chi connectivity index (χ3n) is 3.63. The van der Waals surface area contributed by atoms with E-state index in [9.17, 15) is 20.4 Å². The van der Waals surface area contributed by atoms with Gasteiger partial charge < -0.3 is 20.4 Å². The van der Waals surface area contributed by atoms with Gasteiger partial charge in [-0.15, -0.1) is 0 Å². The Morgan fingerprint density at radius 3 is 1.38 bits per heavy atom. The molecule has 0 aromatic heterocycles. The first-order valence-corrected chi connectivity index (χ1v) is 7.74. The van der Waals surface area contributed by atoms with Crippen molar-refractivity contribution < 1.29 is 20.4 Å². The summed E-state index contributed by atoms with van der Waals surface area (Å²) in [6, 6.07) is 15.8. The van der Waals surface area contributed by atoms with E-state index < -0.39 is 0 Å². The molecule has 3 aromatic carbocycles. The quantitative estimate of drug-likeness (QED) is 0.535. The summed E-state index contributed by atoms with van der Waals surface area (Å²) in [5.41, 5.74) is 1.32. The molecule has 0 spiro atoms. The second kappa shape index (κ2) is 7.40. The lowest BCUT2D eigenvalue weighted by Gasteiger charge is -2.04. The van der Waals surface area contributed by atoms with Crippen molar-refractivity contribution in [2.24, 2.45) is 9.98 Å². The van der Waals surface area contributed by atoms with E-state index in [-0.39, 0.29) is 34.4 Å². The molecule has 0 saturated carbocycles. The zero-order valence-corrected chi connectivity index (χ0v) is 13.6. The first-order valence-electron chi connectivity index (χ1n) is 7.74. The number of hydrogen-bond donors (Lipinski definition) is 4. The average Bonchev–Trinajstić information content (AvgIpc) is 2.62. The van der Waals surface area contributed by atoms with Gasteiger partial charge in [0.1, 0.15) is 34.4 Å². The van der Waals surface area contributed by atoms with E-state index in [4.69, 9.17) is 0 Å².